The van der Waals surface area contributed by atoms with Gasteiger partial charge in [0.1, 0.15) is 18.1 Å². The first kappa shape index (κ1) is 15.3. The second kappa shape index (κ2) is 6.25. The fourth-order valence-corrected chi connectivity index (χ4v) is 3.28. The van der Waals surface area contributed by atoms with Gasteiger partial charge in [-0.1, -0.05) is 6.92 Å². The number of fused-ring (bicyclic) bond motifs is 1. The van der Waals surface area contributed by atoms with Gasteiger partial charge in [-0.3, -0.25) is 4.98 Å². The number of nitrogens with zero attached hydrogens (tertiary/aromatic N) is 3. The van der Waals surface area contributed by atoms with Gasteiger partial charge in [0.15, 0.2) is 0 Å². The van der Waals surface area contributed by atoms with Crippen LogP contribution in [-0.2, 0) is 4.79 Å². The maximum absolute atomic E-state index is 11.1. The molecule has 0 saturated carbocycles. The van der Waals surface area contributed by atoms with E-state index in [9.17, 15) is 10.1 Å². The molecule has 118 valence electrons. The van der Waals surface area contributed by atoms with Crippen LogP contribution in [-0.4, -0.2) is 31.5 Å². The lowest BCUT2D eigenvalue weighted by atomic mass is 9.87. The highest BCUT2D eigenvalue weighted by atomic mass is 16.5. The summed E-state index contributed by atoms with van der Waals surface area (Å²) in [4.78, 5) is 17.7. The van der Waals surface area contributed by atoms with E-state index < -0.39 is 0 Å². The zero-order valence-corrected chi connectivity index (χ0v) is 13.3. The van der Waals surface area contributed by atoms with Gasteiger partial charge in [0.2, 0.25) is 0 Å². The van der Waals surface area contributed by atoms with Crippen molar-refractivity contribution in [2.75, 3.05) is 25.1 Å². The molecule has 0 radical (unpaired) electrons. The third kappa shape index (κ3) is 2.72. The number of carbonyl (C=O) groups is 1. The van der Waals surface area contributed by atoms with Gasteiger partial charge in [0.05, 0.1) is 23.9 Å². The van der Waals surface area contributed by atoms with Crippen LogP contribution in [0.3, 0.4) is 0 Å². The van der Waals surface area contributed by atoms with Gasteiger partial charge in [0, 0.05) is 36.7 Å². The van der Waals surface area contributed by atoms with E-state index in [1.807, 2.05) is 18.2 Å². The largest absolute Gasteiger partial charge is 0.497 e. The fourth-order valence-electron chi connectivity index (χ4n) is 3.28. The molecule has 1 saturated heterocycles. The molecule has 1 aliphatic heterocycles. The van der Waals surface area contributed by atoms with Crippen molar-refractivity contribution in [1.82, 2.24) is 4.98 Å². The molecule has 2 aromatic rings. The van der Waals surface area contributed by atoms with E-state index in [4.69, 9.17) is 4.74 Å². The molecule has 0 amide bonds. The quantitative estimate of drug-likeness (QED) is 0.816. The molecule has 1 fully saturated rings. The second-order valence-electron chi connectivity index (χ2n) is 6.03. The van der Waals surface area contributed by atoms with Crippen molar-refractivity contribution in [3.05, 3.63) is 30.0 Å². The minimum atomic E-state index is 0.102. The first-order valence-corrected chi connectivity index (χ1v) is 7.75. The summed E-state index contributed by atoms with van der Waals surface area (Å²) >= 11 is 0. The standard InChI is InChI=1S/C18H19N3O2/c1-12-10-21(6-5-13(12)11-22)18-14(8-19)9-20-17-7-15(23-2)3-4-16(17)18/h3-4,7,9,11-13H,5-6,10H2,1-2H3/t12-,13?/m1/s1. The number of aromatic nitrogens is 1. The van der Waals surface area contributed by atoms with Gasteiger partial charge < -0.3 is 14.4 Å². The van der Waals surface area contributed by atoms with Gasteiger partial charge in [-0.15, -0.1) is 0 Å². The number of piperidine rings is 1. The Morgan fingerprint density at radius 1 is 1.48 bits per heavy atom. The Labute approximate surface area is 135 Å². The molecule has 1 unspecified atom stereocenters. The highest BCUT2D eigenvalue weighted by Gasteiger charge is 2.28. The molecule has 2 heterocycles. The number of anilines is 1. The molecule has 0 N–H and O–H groups in total. The van der Waals surface area contributed by atoms with Gasteiger partial charge in [-0.2, -0.15) is 5.26 Å². The summed E-state index contributed by atoms with van der Waals surface area (Å²) in [5.41, 5.74) is 2.29. The maximum Gasteiger partial charge on any atom is 0.123 e. The highest BCUT2D eigenvalue weighted by Crippen LogP contribution is 2.34. The van der Waals surface area contributed by atoms with Crippen LogP contribution in [0.5, 0.6) is 5.75 Å². The van der Waals surface area contributed by atoms with Crippen molar-refractivity contribution in [2.24, 2.45) is 11.8 Å². The SMILES string of the molecule is COc1ccc2c(N3CCC(C=O)[C@H](C)C3)c(C#N)cnc2c1. The molecule has 1 aromatic heterocycles. The lowest BCUT2D eigenvalue weighted by molar-refractivity contribution is -0.112. The number of methoxy groups -OCH3 is 1. The lowest BCUT2D eigenvalue weighted by Crippen LogP contribution is -2.40. The molecule has 5 nitrogen and oxygen atoms in total. The van der Waals surface area contributed by atoms with Crippen molar-refractivity contribution in [3.8, 4) is 11.8 Å². The van der Waals surface area contributed by atoms with Crippen LogP contribution >= 0.6 is 0 Å². The normalized spacial score (nSPS) is 21.0. The van der Waals surface area contributed by atoms with Crippen molar-refractivity contribution in [3.63, 3.8) is 0 Å². The van der Waals surface area contributed by atoms with Crippen molar-refractivity contribution in [2.45, 2.75) is 13.3 Å². The summed E-state index contributed by atoms with van der Waals surface area (Å²) in [6.07, 6.45) is 3.49. The number of carbonyl (C=O) groups excluding carboxylic acids is 1. The average molecular weight is 309 g/mol. The monoisotopic (exact) mass is 309 g/mol. The predicted octanol–water partition coefficient (Wildman–Crippen LogP) is 2.78. The number of hydrogen-bond acceptors (Lipinski definition) is 5. The maximum atomic E-state index is 11.1. The van der Waals surface area contributed by atoms with E-state index in [-0.39, 0.29) is 11.8 Å². The van der Waals surface area contributed by atoms with Crippen LogP contribution in [0.2, 0.25) is 0 Å². The van der Waals surface area contributed by atoms with Crippen molar-refractivity contribution in [1.29, 1.82) is 5.26 Å². The average Bonchev–Trinajstić information content (AvgIpc) is 2.60. The van der Waals surface area contributed by atoms with Crippen molar-refractivity contribution < 1.29 is 9.53 Å². The van der Waals surface area contributed by atoms with E-state index in [1.54, 1.807) is 13.3 Å². The van der Waals surface area contributed by atoms with Gasteiger partial charge >= 0.3 is 0 Å². The Balaban J connectivity index is 2.08. The van der Waals surface area contributed by atoms with Gasteiger partial charge in [0.25, 0.3) is 0 Å². The first-order valence-electron chi connectivity index (χ1n) is 7.75. The van der Waals surface area contributed by atoms with Crippen LogP contribution in [0, 0.1) is 23.2 Å². The molecule has 2 atom stereocenters. The molecular formula is C18H19N3O2. The molecule has 0 spiro atoms. The highest BCUT2D eigenvalue weighted by molar-refractivity contribution is 5.95. The third-order valence-corrected chi connectivity index (χ3v) is 4.63. The molecule has 3 rings (SSSR count). The number of pyridine rings is 1. The van der Waals surface area contributed by atoms with Crippen LogP contribution in [0.4, 0.5) is 5.69 Å². The summed E-state index contributed by atoms with van der Waals surface area (Å²) in [5.74, 6) is 1.12. The Morgan fingerprint density at radius 3 is 2.96 bits per heavy atom. The van der Waals surface area contributed by atoms with E-state index in [0.717, 1.165) is 48.1 Å². The van der Waals surface area contributed by atoms with E-state index >= 15 is 0 Å². The number of nitriles is 1. The van der Waals surface area contributed by atoms with Crippen LogP contribution < -0.4 is 9.64 Å². The summed E-state index contributed by atoms with van der Waals surface area (Å²) in [5, 5.41) is 10.4. The topological polar surface area (TPSA) is 66.2 Å². The van der Waals surface area contributed by atoms with E-state index in [1.165, 1.54) is 0 Å². The Bertz CT molecular complexity index is 782. The van der Waals surface area contributed by atoms with Crippen LogP contribution in [0.15, 0.2) is 24.4 Å². The third-order valence-electron chi connectivity index (χ3n) is 4.63. The first-order chi connectivity index (χ1) is 11.2. The lowest BCUT2D eigenvalue weighted by Gasteiger charge is -2.37. The Morgan fingerprint density at radius 2 is 2.30 bits per heavy atom. The van der Waals surface area contributed by atoms with Crippen LogP contribution in [0.1, 0.15) is 18.9 Å². The summed E-state index contributed by atoms with van der Waals surface area (Å²) in [6.45, 7) is 3.63. The Kier molecular flexibility index (Phi) is 4.16. The predicted molar refractivity (Wildman–Crippen MR) is 88.6 cm³/mol. The fraction of sp³-hybridized carbons (Fsp3) is 0.389. The smallest absolute Gasteiger partial charge is 0.123 e. The zero-order chi connectivity index (χ0) is 16.4. The molecule has 5 heteroatoms. The number of ether oxygens (including phenoxy) is 1. The minimum Gasteiger partial charge on any atom is -0.497 e. The molecular weight excluding hydrogens is 290 g/mol. The summed E-state index contributed by atoms with van der Waals surface area (Å²) < 4.78 is 5.25. The van der Waals surface area contributed by atoms with Gasteiger partial charge in [-0.05, 0) is 24.5 Å². The summed E-state index contributed by atoms with van der Waals surface area (Å²) in [7, 11) is 1.62. The number of aldehydes is 1. The summed E-state index contributed by atoms with van der Waals surface area (Å²) in [6, 6.07) is 7.96. The molecule has 23 heavy (non-hydrogen) atoms. The molecule has 1 aliphatic rings. The second-order valence-corrected chi connectivity index (χ2v) is 6.03. The number of rotatable bonds is 3. The molecule has 1 aromatic carbocycles. The number of hydrogen-bond donors (Lipinski definition) is 0. The van der Waals surface area contributed by atoms with E-state index in [0.29, 0.717) is 5.56 Å². The Hall–Kier alpha value is -2.61. The van der Waals surface area contributed by atoms with Crippen molar-refractivity contribution >= 4 is 22.9 Å². The molecule has 0 aliphatic carbocycles. The zero-order valence-electron chi connectivity index (χ0n) is 13.3. The minimum absolute atomic E-state index is 0.102. The number of benzene rings is 1. The molecule has 0 bridgehead atoms. The van der Waals surface area contributed by atoms with Crippen LogP contribution in [0.25, 0.3) is 10.9 Å². The van der Waals surface area contributed by atoms with Gasteiger partial charge in [-0.25, -0.2) is 0 Å². The van der Waals surface area contributed by atoms with E-state index in [2.05, 4.69) is 22.9 Å².